The number of ether oxygens (including phenoxy) is 1. The molecule has 4 aliphatic rings. The average Bonchev–Trinajstić information content (AvgIpc) is 3.42. The van der Waals surface area contributed by atoms with E-state index in [-0.39, 0.29) is 57.8 Å². The fraction of sp³-hybridized carbons (Fsp3) is 0.214. The van der Waals surface area contributed by atoms with Gasteiger partial charge in [-0.15, -0.1) is 0 Å². The van der Waals surface area contributed by atoms with Crippen LogP contribution in [-0.2, 0) is 24.6 Å². The topological polar surface area (TPSA) is 138 Å². The molecule has 0 spiro atoms. The highest BCUT2D eigenvalue weighted by Gasteiger charge is 2.66. The van der Waals surface area contributed by atoms with Gasteiger partial charge in [-0.25, -0.2) is 4.79 Å². The van der Waals surface area contributed by atoms with Crippen molar-refractivity contribution in [2.24, 2.45) is 23.7 Å². The number of phenolic OH excluding ortho intramolecular Hbond substituents is 1. The number of halogens is 1. The largest absolute Gasteiger partial charge is 0.503 e. The monoisotopic (exact) mass is 713 g/mol. The lowest BCUT2D eigenvalue weighted by molar-refractivity contribution is -0.135. The van der Waals surface area contributed by atoms with Crippen LogP contribution in [-0.4, -0.2) is 46.7 Å². The molecule has 10 heteroatoms. The Bertz CT molecular complexity index is 2250. The van der Waals surface area contributed by atoms with E-state index in [0.29, 0.717) is 16.7 Å². The summed E-state index contributed by atoms with van der Waals surface area (Å²) in [5.41, 5.74) is 1.53. The number of imide groups is 1. The number of allylic oxidation sites excluding steroid dienone is 4. The Morgan fingerprint density at radius 2 is 1.56 bits per heavy atom. The smallest absolute Gasteiger partial charge is 0.335 e. The Labute approximate surface area is 303 Å². The highest BCUT2D eigenvalue weighted by atomic mass is 35.5. The summed E-state index contributed by atoms with van der Waals surface area (Å²) in [6.45, 7) is 0. The maximum absolute atomic E-state index is 15.2. The number of methoxy groups -OCH3 is 1. The SMILES string of the molecule is COc1cc([C@H]2C3=CC[C@@H]4C(=O)N(c5ccc(C(=O)O)cc5)C(=O)[C@@H]4[C@@H]3C[C@H]3C(=O)C(c4ccccc4)=CC(=O)[C@@]23c2ccccc2)cc(Cl)c1O. The van der Waals surface area contributed by atoms with Crippen LogP contribution in [0.4, 0.5) is 5.69 Å². The lowest BCUT2D eigenvalue weighted by atomic mass is 9.44. The van der Waals surface area contributed by atoms with Gasteiger partial charge >= 0.3 is 5.97 Å². The Morgan fingerprint density at radius 3 is 2.21 bits per heavy atom. The van der Waals surface area contributed by atoms with Crippen molar-refractivity contribution in [3.8, 4) is 11.5 Å². The van der Waals surface area contributed by atoms with Gasteiger partial charge < -0.3 is 14.9 Å². The number of fused-ring (bicyclic) bond motifs is 4. The predicted octanol–water partition coefficient (Wildman–Crippen LogP) is 6.78. The van der Waals surface area contributed by atoms with E-state index < -0.39 is 52.8 Å². The van der Waals surface area contributed by atoms with Crippen LogP contribution in [0.15, 0.2) is 115 Å². The van der Waals surface area contributed by atoms with Gasteiger partial charge in [0.1, 0.15) is 0 Å². The maximum Gasteiger partial charge on any atom is 0.335 e. The summed E-state index contributed by atoms with van der Waals surface area (Å²) >= 11 is 6.62. The van der Waals surface area contributed by atoms with Crippen molar-refractivity contribution in [2.45, 2.75) is 24.2 Å². The number of nitrogens with zero attached hydrogens (tertiary/aromatic N) is 1. The molecule has 1 saturated heterocycles. The number of carboxylic acids is 1. The molecule has 4 aromatic carbocycles. The van der Waals surface area contributed by atoms with Gasteiger partial charge in [-0.05, 0) is 77.9 Å². The Kier molecular flexibility index (Phi) is 7.99. The van der Waals surface area contributed by atoms with Crippen LogP contribution in [0.1, 0.15) is 45.8 Å². The molecule has 1 saturated carbocycles. The van der Waals surface area contributed by atoms with Crippen molar-refractivity contribution in [3.05, 3.63) is 142 Å². The van der Waals surface area contributed by atoms with Crippen LogP contribution in [0.25, 0.3) is 5.57 Å². The van der Waals surface area contributed by atoms with Gasteiger partial charge in [0.05, 0.1) is 40.6 Å². The van der Waals surface area contributed by atoms with E-state index in [1.54, 1.807) is 36.4 Å². The van der Waals surface area contributed by atoms with Gasteiger partial charge in [-0.1, -0.05) is 83.9 Å². The molecule has 0 unspecified atom stereocenters. The van der Waals surface area contributed by atoms with E-state index in [1.165, 1.54) is 37.5 Å². The second-order valence-electron chi connectivity index (χ2n) is 13.7. The number of Topliss-reactive ketones (excluding diaryl/α,β-unsaturated/α-hetero) is 1. The first-order valence-electron chi connectivity index (χ1n) is 17.0. The zero-order valence-electron chi connectivity index (χ0n) is 27.9. The lowest BCUT2D eigenvalue weighted by Crippen LogP contribution is -2.58. The molecule has 0 aromatic heterocycles. The van der Waals surface area contributed by atoms with Crippen molar-refractivity contribution >= 4 is 52.2 Å². The van der Waals surface area contributed by atoms with E-state index in [0.717, 1.165) is 10.5 Å². The molecular weight excluding hydrogens is 682 g/mol. The van der Waals surface area contributed by atoms with Crippen LogP contribution in [0, 0.1) is 23.7 Å². The van der Waals surface area contributed by atoms with Crippen molar-refractivity contribution in [2.75, 3.05) is 12.0 Å². The summed E-state index contributed by atoms with van der Waals surface area (Å²) in [7, 11) is 1.39. The number of hydrogen-bond donors (Lipinski definition) is 2. The van der Waals surface area contributed by atoms with E-state index in [4.69, 9.17) is 16.3 Å². The number of carboxylic acid groups (broad SMARTS) is 1. The Balaban J connectivity index is 1.35. The second kappa shape index (κ2) is 12.5. The standard InChI is InChI=1S/C42H32ClNO8/c1-52-33-19-24(18-32(43)38(33)47)36-27-16-17-28-35(40(49)44(39(28)48)26-14-12-23(13-15-26)41(50)51)30(27)20-31-37(46)29(22-8-4-2-5-9-22)21-34(45)42(31,36)25-10-6-3-7-11-25/h2-16,18-19,21,28,30-31,35-36,47H,17,20H2,1H3,(H,50,51)/t28-,30+,31-,35-,36-,42-/m0/s1. The van der Waals surface area contributed by atoms with Crippen molar-refractivity contribution < 1.29 is 38.9 Å². The van der Waals surface area contributed by atoms with Crippen molar-refractivity contribution in [1.29, 1.82) is 0 Å². The minimum absolute atomic E-state index is 0.0104. The third-order valence-corrected chi connectivity index (χ3v) is 11.6. The number of hydrogen-bond acceptors (Lipinski definition) is 7. The number of rotatable bonds is 6. The average molecular weight is 714 g/mol. The number of anilines is 1. The van der Waals surface area contributed by atoms with Gasteiger partial charge in [0.2, 0.25) is 11.8 Å². The van der Waals surface area contributed by atoms with E-state index in [9.17, 15) is 24.6 Å². The molecule has 260 valence electrons. The molecular formula is C42H32ClNO8. The van der Waals surface area contributed by atoms with Crippen molar-refractivity contribution in [1.82, 2.24) is 0 Å². The number of aromatic carboxylic acids is 1. The number of benzene rings is 4. The zero-order chi connectivity index (χ0) is 36.5. The third kappa shape index (κ3) is 4.79. The van der Waals surface area contributed by atoms with Crippen LogP contribution < -0.4 is 9.64 Å². The lowest BCUT2D eigenvalue weighted by Gasteiger charge is -2.55. The normalized spacial score (nSPS) is 26.6. The van der Waals surface area contributed by atoms with Crippen LogP contribution in [0.5, 0.6) is 11.5 Å². The van der Waals surface area contributed by atoms with Crippen molar-refractivity contribution in [3.63, 3.8) is 0 Å². The quantitative estimate of drug-likeness (QED) is 0.165. The first-order valence-corrected chi connectivity index (χ1v) is 17.3. The van der Waals surface area contributed by atoms with Gasteiger partial charge in [0.25, 0.3) is 0 Å². The Hall–Kier alpha value is -5.80. The molecule has 3 aliphatic carbocycles. The van der Waals surface area contributed by atoms with Gasteiger partial charge in [0.15, 0.2) is 23.1 Å². The number of amides is 2. The molecule has 8 rings (SSSR count). The fourth-order valence-electron chi connectivity index (χ4n) is 9.17. The predicted molar refractivity (Wildman–Crippen MR) is 192 cm³/mol. The van der Waals surface area contributed by atoms with Crippen LogP contribution in [0.3, 0.4) is 0 Å². The molecule has 2 fully saturated rings. The molecule has 1 heterocycles. The Morgan fingerprint density at radius 1 is 0.885 bits per heavy atom. The summed E-state index contributed by atoms with van der Waals surface area (Å²) in [5, 5.41) is 20.2. The first kappa shape index (κ1) is 33.3. The number of phenols is 1. The minimum Gasteiger partial charge on any atom is -0.503 e. The minimum atomic E-state index is -1.48. The summed E-state index contributed by atoms with van der Waals surface area (Å²) < 4.78 is 5.52. The summed E-state index contributed by atoms with van der Waals surface area (Å²) in [5.74, 6) is -6.75. The first-order chi connectivity index (χ1) is 25.1. The molecule has 6 atom stereocenters. The van der Waals surface area contributed by atoms with E-state index >= 15 is 9.59 Å². The molecule has 1 aliphatic heterocycles. The summed E-state index contributed by atoms with van der Waals surface area (Å²) in [6.07, 6.45) is 3.68. The summed E-state index contributed by atoms with van der Waals surface area (Å²) in [6, 6.07) is 26.9. The van der Waals surface area contributed by atoms with Gasteiger partial charge in [-0.3, -0.25) is 24.1 Å². The summed E-state index contributed by atoms with van der Waals surface area (Å²) in [4.78, 5) is 71.4. The van der Waals surface area contributed by atoms with Gasteiger partial charge in [0, 0.05) is 17.4 Å². The number of carbonyl (C=O) groups excluding carboxylic acids is 4. The molecule has 2 N–H and O–H groups in total. The van der Waals surface area contributed by atoms with Crippen LogP contribution in [0.2, 0.25) is 5.02 Å². The third-order valence-electron chi connectivity index (χ3n) is 11.4. The van der Waals surface area contributed by atoms with Gasteiger partial charge in [-0.2, -0.15) is 0 Å². The number of carbonyl (C=O) groups is 5. The fourth-order valence-corrected chi connectivity index (χ4v) is 9.39. The molecule has 52 heavy (non-hydrogen) atoms. The molecule has 2 amide bonds. The molecule has 0 radical (unpaired) electrons. The van der Waals surface area contributed by atoms with E-state index in [1.807, 2.05) is 42.5 Å². The number of ketones is 2. The highest BCUT2D eigenvalue weighted by Crippen LogP contribution is 2.64. The molecule has 9 nitrogen and oxygen atoms in total. The zero-order valence-corrected chi connectivity index (χ0v) is 28.6. The molecule has 4 aromatic rings. The van der Waals surface area contributed by atoms with Crippen LogP contribution >= 0.6 is 11.6 Å². The number of aromatic hydroxyl groups is 1. The molecule has 0 bridgehead atoms. The van der Waals surface area contributed by atoms with E-state index in [2.05, 4.69) is 0 Å². The highest BCUT2D eigenvalue weighted by molar-refractivity contribution is 6.33. The maximum atomic E-state index is 15.2. The second-order valence-corrected chi connectivity index (χ2v) is 14.1.